The summed E-state index contributed by atoms with van der Waals surface area (Å²) < 4.78 is 11.4. The van der Waals surface area contributed by atoms with E-state index in [9.17, 15) is 0 Å². The fourth-order valence-corrected chi connectivity index (χ4v) is 2.68. The maximum absolute atomic E-state index is 5.90. The van der Waals surface area contributed by atoms with Gasteiger partial charge in [0.15, 0.2) is 0 Å². The van der Waals surface area contributed by atoms with Crippen molar-refractivity contribution < 1.29 is 9.47 Å². The topological polar surface area (TPSA) is 30.5 Å². The van der Waals surface area contributed by atoms with Gasteiger partial charge in [-0.25, -0.2) is 0 Å². The van der Waals surface area contributed by atoms with Gasteiger partial charge in [-0.05, 0) is 45.1 Å². The van der Waals surface area contributed by atoms with Crippen LogP contribution in [-0.4, -0.2) is 38.5 Å². The number of hydrogen-bond donors (Lipinski definition) is 1. The average Bonchev–Trinajstić information content (AvgIpc) is 2.39. The molecule has 0 bridgehead atoms. The van der Waals surface area contributed by atoms with Crippen molar-refractivity contribution in [1.82, 2.24) is 5.32 Å². The van der Waals surface area contributed by atoms with Gasteiger partial charge in [0.05, 0.1) is 6.10 Å². The van der Waals surface area contributed by atoms with Gasteiger partial charge >= 0.3 is 0 Å². The predicted octanol–water partition coefficient (Wildman–Crippen LogP) is 2.60. The Morgan fingerprint density at radius 1 is 1.24 bits per heavy atom. The second-order valence-electron chi connectivity index (χ2n) is 4.83. The van der Waals surface area contributed by atoms with Gasteiger partial charge in [-0.2, -0.15) is 0 Å². The molecule has 2 atom stereocenters. The molecule has 0 aromatic heterocycles. The maximum Gasteiger partial charge on any atom is 0.0728 e. The van der Waals surface area contributed by atoms with Crippen LogP contribution in [0, 0.1) is 5.92 Å². The summed E-state index contributed by atoms with van der Waals surface area (Å²) in [6.45, 7) is 10.3. The molecule has 102 valence electrons. The first-order chi connectivity index (χ1) is 8.33. The number of nitrogens with one attached hydrogen (secondary N) is 1. The molecule has 1 N–H and O–H groups in total. The van der Waals surface area contributed by atoms with Gasteiger partial charge in [0.2, 0.25) is 0 Å². The van der Waals surface area contributed by atoms with Crippen LogP contribution in [0.15, 0.2) is 0 Å². The van der Waals surface area contributed by atoms with Crippen LogP contribution in [0.3, 0.4) is 0 Å². The third-order valence-electron chi connectivity index (χ3n) is 3.59. The van der Waals surface area contributed by atoms with Crippen molar-refractivity contribution in [3.8, 4) is 0 Å². The van der Waals surface area contributed by atoms with Gasteiger partial charge in [-0.15, -0.1) is 0 Å². The molecule has 0 saturated carbocycles. The third-order valence-corrected chi connectivity index (χ3v) is 3.59. The molecule has 3 nitrogen and oxygen atoms in total. The molecule has 1 fully saturated rings. The predicted molar refractivity (Wildman–Crippen MR) is 71.3 cm³/mol. The van der Waals surface area contributed by atoms with E-state index in [-0.39, 0.29) is 0 Å². The van der Waals surface area contributed by atoms with E-state index in [0.29, 0.717) is 18.1 Å². The lowest BCUT2D eigenvalue weighted by Gasteiger charge is -2.36. The lowest BCUT2D eigenvalue weighted by molar-refractivity contribution is -0.0137. The first-order valence-electron chi connectivity index (χ1n) is 7.26. The summed E-state index contributed by atoms with van der Waals surface area (Å²) in [6.07, 6.45) is 4.97. The minimum Gasteiger partial charge on any atom is -0.381 e. The van der Waals surface area contributed by atoms with E-state index in [2.05, 4.69) is 26.1 Å². The van der Waals surface area contributed by atoms with Gasteiger partial charge in [0.1, 0.15) is 0 Å². The van der Waals surface area contributed by atoms with Crippen LogP contribution in [0.25, 0.3) is 0 Å². The zero-order chi connectivity index (χ0) is 12.5. The highest BCUT2D eigenvalue weighted by molar-refractivity contribution is 4.85. The molecule has 0 aromatic carbocycles. The smallest absolute Gasteiger partial charge is 0.0728 e. The molecule has 1 aliphatic heterocycles. The van der Waals surface area contributed by atoms with Crippen LogP contribution in [0.5, 0.6) is 0 Å². The summed E-state index contributed by atoms with van der Waals surface area (Å²) >= 11 is 0. The van der Waals surface area contributed by atoms with Crippen molar-refractivity contribution >= 4 is 0 Å². The number of rotatable bonds is 8. The third kappa shape index (κ3) is 4.94. The maximum atomic E-state index is 5.90. The Bertz CT molecular complexity index is 176. The Kier molecular flexibility index (Phi) is 7.82. The summed E-state index contributed by atoms with van der Waals surface area (Å²) in [5.74, 6) is 0.715. The zero-order valence-electron chi connectivity index (χ0n) is 11.7. The van der Waals surface area contributed by atoms with Gasteiger partial charge in [0, 0.05) is 25.9 Å². The molecule has 0 radical (unpaired) electrons. The molecule has 17 heavy (non-hydrogen) atoms. The van der Waals surface area contributed by atoms with Crippen LogP contribution in [0.4, 0.5) is 0 Å². The van der Waals surface area contributed by atoms with Gasteiger partial charge in [0.25, 0.3) is 0 Å². The fraction of sp³-hybridized carbons (Fsp3) is 1.00. The van der Waals surface area contributed by atoms with Crippen molar-refractivity contribution in [2.24, 2.45) is 5.92 Å². The van der Waals surface area contributed by atoms with Crippen LogP contribution >= 0.6 is 0 Å². The summed E-state index contributed by atoms with van der Waals surface area (Å²) in [6, 6.07) is 0.504. The van der Waals surface area contributed by atoms with E-state index in [0.717, 1.165) is 32.8 Å². The van der Waals surface area contributed by atoms with Crippen molar-refractivity contribution in [3.05, 3.63) is 0 Å². The highest BCUT2D eigenvalue weighted by Gasteiger charge is 2.29. The van der Waals surface area contributed by atoms with Gasteiger partial charge in [-0.1, -0.05) is 13.8 Å². The standard InChI is InChI=1S/C14H29NO2/c1-4-9-15-14(13(5-2)17-6-3)12-7-10-16-11-8-12/h12-15H,4-11H2,1-3H3. The van der Waals surface area contributed by atoms with Gasteiger partial charge < -0.3 is 14.8 Å². The second kappa shape index (κ2) is 8.90. The Morgan fingerprint density at radius 2 is 1.94 bits per heavy atom. The largest absolute Gasteiger partial charge is 0.381 e. The molecule has 0 amide bonds. The summed E-state index contributed by atoms with van der Waals surface area (Å²) in [5, 5.41) is 3.69. The Balaban J connectivity index is 2.55. The van der Waals surface area contributed by atoms with Crippen LogP contribution < -0.4 is 5.32 Å². The van der Waals surface area contributed by atoms with E-state index in [1.165, 1.54) is 19.3 Å². The highest BCUT2D eigenvalue weighted by atomic mass is 16.5. The average molecular weight is 243 g/mol. The number of hydrogen-bond acceptors (Lipinski definition) is 3. The minimum absolute atomic E-state index is 0.356. The summed E-state index contributed by atoms with van der Waals surface area (Å²) in [4.78, 5) is 0. The SMILES string of the molecule is CCCNC(C1CCOCC1)C(CC)OCC. The fourth-order valence-electron chi connectivity index (χ4n) is 2.68. The first kappa shape index (κ1) is 14.9. The van der Waals surface area contributed by atoms with E-state index >= 15 is 0 Å². The molecule has 0 aliphatic carbocycles. The molecule has 0 spiro atoms. The van der Waals surface area contributed by atoms with E-state index < -0.39 is 0 Å². The minimum atomic E-state index is 0.356. The van der Waals surface area contributed by atoms with Crippen LogP contribution in [0.2, 0.25) is 0 Å². The van der Waals surface area contributed by atoms with E-state index in [4.69, 9.17) is 9.47 Å². The van der Waals surface area contributed by atoms with Crippen molar-refractivity contribution in [2.45, 2.75) is 58.6 Å². The first-order valence-corrected chi connectivity index (χ1v) is 7.26. The second-order valence-corrected chi connectivity index (χ2v) is 4.83. The molecule has 2 unspecified atom stereocenters. The van der Waals surface area contributed by atoms with Gasteiger partial charge in [-0.3, -0.25) is 0 Å². The molecular formula is C14H29NO2. The van der Waals surface area contributed by atoms with Crippen molar-refractivity contribution in [1.29, 1.82) is 0 Å². The molecule has 1 aliphatic rings. The molecule has 1 saturated heterocycles. The molecule has 1 rings (SSSR count). The molecular weight excluding hydrogens is 214 g/mol. The Morgan fingerprint density at radius 3 is 2.47 bits per heavy atom. The summed E-state index contributed by atoms with van der Waals surface area (Å²) in [5.41, 5.74) is 0. The Hall–Kier alpha value is -0.120. The van der Waals surface area contributed by atoms with E-state index in [1.54, 1.807) is 0 Å². The van der Waals surface area contributed by atoms with Crippen LogP contribution in [0.1, 0.15) is 46.5 Å². The number of ether oxygens (including phenoxy) is 2. The zero-order valence-corrected chi connectivity index (χ0v) is 11.7. The quantitative estimate of drug-likeness (QED) is 0.711. The van der Waals surface area contributed by atoms with E-state index in [1.807, 2.05) is 0 Å². The monoisotopic (exact) mass is 243 g/mol. The van der Waals surface area contributed by atoms with Crippen molar-refractivity contribution in [2.75, 3.05) is 26.4 Å². The molecule has 0 aromatic rings. The molecule has 3 heteroatoms. The Labute approximate surface area is 106 Å². The van der Waals surface area contributed by atoms with Crippen LogP contribution in [-0.2, 0) is 9.47 Å². The normalized spacial score (nSPS) is 21.4. The summed E-state index contributed by atoms with van der Waals surface area (Å²) in [7, 11) is 0. The lowest BCUT2D eigenvalue weighted by atomic mass is 9.87. The lowest BCUT2D eigenvalue weighted by Crippen LogP contribution is -2.48. The van der Waals surface area contributed by atoms with Crippen molar-refractivity contribution in [3.63, 3.8) is 0 Å². The highest BCUT2D eigenvalue weighted by Crippen LogP contribution is 2.23. The molecule has 1 heterocycles.